The number of ketones is 2. The smallest absolute Gasteiger partial charge is 0.152 e. The van der Waals surface area contributed by atoms with Gasteiger partial charge in [0.1, 0.15) is 5.78 Å². The van der Waals surface area contributed by atoms with E-state index in [-0.39, 0.29) is 21.0 Å². The van der Waals surface area contributed by atoms with Crippen LogP contribution >= 0.6 is 0 Å². The lowest BCUT2D eigenvalue weighted by Crippen LogP contribution is -1.84. The highest BCUT2D eigenvalue weighted by atomic mass is 16.3. The van der Waals surface area contributed by atoms with Crippen molar-refractivity contribution in [2.24, 2.45) is 0 Å². The molecule has 0 unspecified atom stereocenters. The molecule has 0 saturated heterocycles. The van der Waals surface area contributed by atoms with Crippen molar-refractivity contribution in [3.05, 3.63) is 36.5 Å². The number of Topliss-reactive ketones (excluding diaryl/α,β-unsaturated/α-hetero) is 1. The van der Waals surface area contributed by atoms with Crippen LogP contribution in [0.15, 0.2) is 36.5 Å². The number of carbonyl (C=O) groups is 2. The summed E-state index contributed by atoms with van der Waals surface area (Å²) >= 11 is 0. The highest BCUT2D eigenvalue weighted by Gasteiger charge is 1.83. The summed E-state index contributed by atoms with van der Waals surface area (Å²) in [5, 5.41) is 16.0. The topological polar surface area (TPSA) is 74.6 Å². The first-order valence-electron chi connectivity index (χ1n) is 12.3. The normalized spacial score (nSPS) is 9.12. The number of carbonyl (C=O) groups excluding carboxylic acids is 2. The predicted octanol–water partition coefficient (Wildman–Crippen LogP) is 8.52. The lowest BCUT2D eigenvalue weighted by Gasteiger charge is -1.80. The molecule has 0 aliphatic rings. The summed E-state index contributed by atoms with van der Waals surface area (Å²) in [7, 11) is 0. The molecule has 0 fully saturated rings. The first kappa shape index (κ1) is 44.2. The van der Waals surface area contributed by atoms with E-state index >= 15 is 0 Å². The van der Waals surface area contributed by atoms with Gasteiger partial charge >= 0.3 is 0 Å². The fourth-order valence-corrected chi connectivity index (χ4v) is 1.44. The van der Waals surface area contributed by atoms with Gasteiger partial charge in [0, 0.05) is 15.9 Å². The minimum absolute atomic E-state index is 0. The molecule has 32 heavy (non-hydrogen) atoms. The van der Waals surface area contributed by atoms with Crippen LogP contribution in [0.5, 0.6) is 0 Å². The maximum atomic E-state index is 10.0. The molecule has 0 saturated carbocycles. The Bertz CT molecular complexity index is 372. The molecule has 0 spiro atoms. The van der Waals surface area contributed by atoms with Crippen molar-refractivity contribution in [2.75, 3.05) is 13.2 Å². The number of unbranched alkanes of at least 4 members (excludes halogenated alkanes) is 3. The summed E-state index contributed by atoms with van der Waals surface area (Å²) in [6, 6.07) is 0. The maximum absolute atomic E-state index is 10.0. The quantitative estimate of drug-likeness (QED) is 0.266. The Hall–Kier alpha value is -1.52. The molecular formula is C28H62O4. The van der Waals surface area contributed by atoms with Gasteiger partial charge in [-0.25, -0.2) is 0 Å². The Labute approximate surface area is 204 Å². The second-order valence-electron chi connectivity index (χ2n) is 6.72. The van der Waals surface area contributed by atoms with Gasteiger partial charge in [-0.2, -0.15) is 0 Å². The average molecular weight is 463 g/mol. The minimum atomic E-state index is 0. The van der Waals surface area contributed by atoms with Crippen molar-refractivity contribution in [1.29, 1.82) is 0 Å². The van der Waals surface area contributed by atoms with Gasteiger partial charge in [0.2, 0.25) is 0 Å². The molecule has 0 aliphatic carbocycles. The second-order valence-corrected chi connectivity index (χ2v) is 6.72. The summed E-state index contributed by atoms with van der Waals surface area (Å²) in [6.45, 7) is 20.0. The Balaban J connectivity index is -0.0000000394. The third-order valence-corrected chi connectivity index (χ3v) is 3.03. The molecule has 0 atom stereocenters. The molecule has 0 amide bonds. The van der Waals surface area contributed by atoms with Crippen LogP contribution in [0.3, 0.4) is 0 Å². The van der Waals surface area contributed by atoms with Gasteiger partial charge in [-0.15, -0.1) is 0 Å². The van der Waals surface area contributed by atoms with E-state index in [9.17, 15) is 9.59 Å². The monoisotopic (exact) mass is 462 g/mol. The molecule has 4 nitrogen and oxygen atoms in total. The van der Waals surface area contributed by atoms with Crippen LogP contribution in [-0.4, -0.2) is 35.0 Å². The van der Waals surface area contributed by atoms with Gasteiger partial charge in [0.05, 0.1) is 6.61 Å². The number of hydrogen-bond donors (Lipinski definition) is 2. The van der Waals surface area contributed by atoms with E-state index in [4.69, 9.17) is 10.2 Å². The van der Waals surface area contributed by atoms with Crippen LogP contribution in [0.4, 0.5) is 0 Å². The molecule has 0 heterocycles. The van der Waals surface area contributed by atoms with Gasteiger partial charge in [-0.1, -0.05) is 90.7 Å². The zero-order valence-electron chi connectivity index (χ0n) is 23.2. The third kappa shape index (κ3) is 138. The predicted molar refractivity (Wildman–Crippen MR) is 150 cm³/mol. The Morgan fingerprint density at radius 2 is 1.19 bits per heavy atom. The van der Waals surface area contributed by atoms with Crippen molar-refractivity contribution < 1.29 is 22.7 Å². The van der Waals surface area contributed by atoms with Crippen molar-refractivity contribution >= 4 is 11.6 Å². The first-order valence-corrected chi connectivity index (χ1v) is 12.3. The first-order chi connectivity index (χ1) is 15.2. The van der Waals surface area contributed by atoms with E-state index < -0.39 is 0 Å². The molecule has 0 aliphatic heterocycles. The van der Waals surface area contributed by atoms with Crippen LogP contribution in [0.25, 0.3) is 0 Å². The average Bonchev–Trinajstić information content (AvgIpc) is 2.73. The molecule has 0 aromatic rings. The molecule has 4 heteroatoms. The molecule has 2 N–H and O–H groups in total. The van der Waals surface area contributed by atoms with Crippen LogP contribution in [0.2, 0.25) is 0 Å². The SMILES string of the molecule is C/C=C/C(C)=O.C/C=C/CC.C/C=C/CO.CCCC(C)=O.CCCCC.CCCCO.[HH].[HH]. The van der Waals surface area contributed by atoms with E-state index in [1.807, 2.05) is 27.7 Å². The Kier molecular flexibility index (Phi) is 78.7. The molecule has 0 aromatic carbocycles. The Morgan fingerprint density at radius 3 is 1.19 bits per heavy atom. The standard InChI is InChI=1S/C5H10O.C5H8O.C5H12.C5H10.C4H10O.C4H8O.2H2/c2*1-3-4-5(2)6;2*1-3-5-4-2;2*1-2-3-4-5;;/h3-4H2,1-2H3;3-4H,1-2H3;3-5H2,1-2H3;3,5H,4H2,1-2H3;5H,2-4H2,1H3;2-3,5H,4H2,1H3;2*1H/b;4-3+;;5-3+;;3-2+;;. The van der Waals surface area contributed by atoms with Crippen LogP contribution in [-0.2, 0) is 9.59 Å². The summed E-state index contributed by atoms with van der Waals surface area (Å²) in [6.07, 6.45) is 19.9. The number of hydrogen-bond acceptors (Lipinski definition) is 4. The van der Waals surface area contributed by atoms with E-state index in [1.165, 1.54) is 32.3 Å². The summed E-state index contributed by atoms with van der Waals surface area (Å²) in [5.74, 6) is 0.398. The number of rotatable bonds is 9. The summed E-state index contributed by atoms with van der Waals surface area (Å²) in [5.41, 5.74) is 0. The second kappa shape index (κ2) is 57.0. The van der Waals surface area contributed by atoms with Crippen molar-refractivity contribution in [2.45, 2.75) is 121 Å². The molecule has 0 aromatic heterocycles. The van der Waals surface area contributed by atoms with E-state index in [1.54, 1.807) is 25.2 Å². The fourth-order valence-electron chi connectivity index (χ4n) is 1.44. The summed E-state index contributed by atoms with van der Waals surface area (Å²) in [4.78, 5) is 20.0. The van der Waals surface area contributed by atoms with E-state index in [0.717, 1.165) is 32.1 Å². The van der Waals surface area contributed by atoms with Gasteiger partial charge in [0.15, 0.2) is 5.78 Å². The van der Waals surface area contributed by atoms with E-state index in [2.05, 4.69) is 39.8 Å². The molecule has 0 bridgehead atoms. The highest BCUT2D eigenvalue weighted by molar-refractivity contribution is 5.87. The van der Waals surface area contributed by atoms with Crippen molar-refractivity contribution in [3.63, 3.8) is 0 Å². The molecular weight excluding hydrogens is 400 g/mol. The lowest BCUT2D eigenvalue weighted by molar-refractivity contribution is -0.117. The molecule has 0 rings (SSSR count). The Morgan fingerprint density at radius 1 is 0.719 bits per heavy atom. The van der Waals surface area contributed by atoms with Crippen LogP contribution in [0.1, 0.15) is 123 Å². The fraction of sp³-hybridized carbons (Fsp3) is 0.714. The van der Waals surface area contributed by atoms with Crippen molar-refractivity contribution in [3.8, 4) is 0 Å². The minimum Gasteiger partial charge on any atom is -0.396 e. The highest BCUT2D eigenvalue weighted by Crippen LogP contribution is 1.88. The number of allylic oxidation sites excluding steroid dienone is 5. The number of aliphatic hydroxyl groups excluding tert-OH is 2. The van der Waals surface area contributed by atoms with Crippen LogP contribution < -0.4 is 0 Å². The van der Waals surface area contributed by atoms with E-state index in [0.29, 0.717) is 6.61 Å². The zero-order chi connectivity index (χ0) is 26.5. The zero-order valence-corrected chi connectivity index (χ0v) is 23.2. The number of aliphatic hydroxyl groups is 2. The molecule has 198 valence electrons. The summed E-state index contributed by atoms with van der Waals surface area (Å²) < 4.78 is 0. The van der Waals surface area contributed by atoms with Gasteiger partial charge in [-0.05, 0) is 60.0 Å². The van der Waals surface area contributed by atoms with Gasteiger partial charge < -0.3 is 15.0 Å². The third-order valence-electron chi connectivity index (χ3n) is 3.03. The van der Waals surface area contributed by atoms with Crippen molar-refractivity contribution in [1.82, 2.24) is 0 Å². The largest absolute Gasteiger partial charge is 0.396 e. The van der Waals surface area contributed by atoms with Crippen LogP contribution in [0, 0.1) is 0 Å². The van der Waals surface area contributed by atoms with Gasteiger partial charge in [-0.3, -0.25) is 4.79 Å². The lowest BCUT2D eigenvalue weighted by atomic mass is 10.3. The maximum Gasteiger partial charge on any atom is 0.152 e. The molecule has 0 radical (unpaired) electrons. The van der Waals surface area contributed by atoms with Gasteiger partial charge in [0.25, 0.3) is 0 Å².